The molecule has 0 aromatic carbocycles. The van der Waals surface area contributed by atoms with E-state index in [2.05, 4.69) is 9.97 Å². The minimum Gasteiger partial charge on any atom is -0.844 e. The molecule has 0 aliphatic heterocycles. The molecule has 1 rings (SSSR count). The third-order valence-electron chi connectivity index (χ3n) is 0.655. The first-order valence-corrected chi connectivity index (χ1v) is 2.04. The van der Waals surface area contributed by atoms with Crippen LogP contribution in [-0.2, 0) is 0 Å². The fraction of sp³-hybridized carbons (Fsp3) is 0. The zero-order valence-corrected chi connectivity index (χ0v) is 4.03. The van der Waals surface area contributed by atoms with E-state index < -0.39 is 6.01 Å². The van der Waals surface area contributed by atoms with Crippen LogP contribution in [0.2, 0.25) is 0 Å². The lowest BCUT2D eigenvalue weighted by Crippen LogP contribution is -1.99. The molecule has 1 aromatic rings. The third kappa shape index (κ3) is 0.841. The van der Waals surface area contributed by atoms with Crippen molar-refractivity contribution in [2.24, 2.45) is 0 Å². The molecule has 0 atom stereocenters. The summed E-state index contributed by atoms with van der Waals surface area (Å²) in [6, 6.07) is 0.923. The Hall–Kier alpha value is -1.32. The second-order valence-electron chi connectivity index (χ2n) is 1.26. The molecule has 2 N–H and O–H groups in total. The van der Waals surface area contributed by atoms with Crippen molar-refractivity contribution in [3.63, 3.8) is 0 Å². The van der Waals surface area contributed by atoms with Crippen molar-refractivity contribution in [3.8, 4) is 6.01 Å². The number of aromatic nitrogens is 2. The molecular formula is C4H4N3O-. The quantitative estimate of drug-likeness (QED) is 0.471. The molecule has 0 fully saturated rings. The van der Waals surface area contributed by atoms with Crippen LogP contribution in [0.4, 0.5) is 5.82 Å². The van der Waals surface area contributed by atoms with Gasteiger partial charge in [0.1, 0.15) is 5.82 Å². The van der Waals surface area contributed by atoms with E-state index in [4.69, 9.17) is 5.73 Å². The maximum Gasteiger partial charge on any atom is 0.125 e. The summed E-state index contributed by atoms with van der Waals surface area (Å²) >= 11 is 0. The molecule has 0 unspecified atom stereocenters. The van der Waals surface area contributed by atoms with Gasteiger partial charge in [-0.2, -0.15) is 0 Å². The van der Waals surface area contributed by atoms with Crippen LogP contribution in [0.25, 0.3) is 0 Å². The van der Waals surface area contributed by atoms with Crippen LogP contribution in [0.3, 0.4) is 0 Å². The smallest absolute Gasteiger partial charge is 0.125 e. The van der Waals surface area contributed by atoms with Crippen molar-refractivity contribution in [2.45, 2.75) is 0 Å². The number of anilines is 1. The van der Waals surface area contributed by atoms with Crippen LogP contribution < -0.4 is 10.8 Å². The first kappa shape index (κ1) is 4.83. The van der Waals surface area contributed by atoms with E-state index in [1.54, 1.807) is 0 Å². The largest absolute Gasteiger partial charge is 0.844 e. The molecular weight excluding hydrogens is 106 g/mol. The molecule has 0 radical (unpaired) electrons. The van der Waals surface area contributed by atoms with Gasteiger partial charge in [0.25, 0.3) is 0 Å². The third-order valence-corrected chi connectivity index (χ3v) is 0.655. The van der Waals surface area contributed by atoms with E-state index in [1.165, 1.54) is 12.3 Å². The van der Waals surface area contributed by atoms with Gasteiger partial charge in [0.2, 0.25) is 0 Å². The van der Waals surface area contributed by atoms with Gasteiger partial charge in [-0.15, -0.1) is 0 Å². The highest BCUT2D eigenvalue weighted by atomic mass is 16.3. The van der Waals surface area contributed by atoms with Gasteiger partial charge in [0.05, 0.1) is 6.01 Å². The molecule has 0 aliphatic rings. The first-order chi connectivity index (χ1) is 3.79. The number of hydrogen-bond donors (Lipinski definition) is 1. The summed E-state index contributed by atoms with van der Waals surface area (Å²) < 4.78 is 0. The predicted octanol–water partition coefficient (Wildman–Crippen LogP) is -0.868. The molecule has 1 aromatic heterocycles. The highest BCUT2D eigenvalue weighted by molar-refractivity contribution is 5.25. The number of nitrogens with zero attached hydrogens (tertiary/aromatic N) is 2. The fourth-order valence-electron chi connectivity index (χ4n) is 0.354. The van der Waals surface area contributed by atoms with Crippen LogP contribution in [-0.4, -0.2) is 9.97 Å². The average molecular weight is 110 g/mol. The Balaban J connectivity index is 3.08. The van der Waals surface area contributed by atoms with Gasteiger partial charge >= 0.3 is 0 Å². The minimum atomic E-state index is -0.537. The second kappa shape index (κ2) is 1.65. The van der Waals surface area contributed by atoms with Gasteiger partial charge in [0.15, 0.2) is 0 Å². The predicted molar refractivity (Wildman–Crippen MR) is 25.9 cm³/mol. The Morgan fingerprint density at radius 1 is 1.62 bits per heavy atom. The van der Waals surface area contributed by atoms with Crippen molar-refractivity contribution in [1.29, 1.82) is 0 Å². The first-order valence-electron chi connectivity index (χ1n) is 2.04. The Bertz CT molecular complexity index is 171. The highest BCUT2D eigenvalue weighted by Gasteiger charge is 1.79. The van der Waals surface area contributed by atoms with Gasteiger partial charge in [-0.25, -0.2) is 4.98 Å². The maximum absolute atomic E-state index is 10.2. The van der Waals surface area contributed by atoms with Crippen LogP contribution in [0.1, 0.15) is 0 Å². The number of nitrogens with two attached hydrogens (primary N) is 1. The summed E-state index contributed by atoms with van der Waals surface area (Å²) in [7, 11) is 0. The highest BCUT2D eigenvalue weighted by Crippen LogP contribution is 1.95. The average Bonchev–Trinajstić information content (AvgIpc) is 1.64. The van der Waals surface area contributed by atoms with Crippen molar-refractivity contribution >= 4 is 5.82 Å². The van der Waals surface area contributed by atoms with E-state index in [-0.39, 0.29) is 5.82 Å². The molecule has 8 heavy (non-hydrogen) atoms. The fourth-order valence-corrected chi connectivity index (χ4v) is 0.354. The van der Waals surface area contributed by atoms with E-state index in [9.17, 15) is 5.11 Å². The molecule has 42 valence electrons. The maximum atomic E-state index is 10.2. The van der Waals surface area contributed by atoms with Crippen LogP contribution in [0, 0.1) is 0 Å². The lowest BCUT2D eigenvalue weighted by Gasteiger charge is -1.99. The molecule has 4 nitrogen and oxygen atoms in total. The minimum absolute atomic E-state index is 0.213. The zero-order chi connectivity index (χ0) is 5.98. The van der Waals surface area contributed by atoms with E-state index in [1.807, 2.05) is 0 Å². The lowest BCUT2D eigenvalue weighted by atomic mass is 10.6. The molecule has 0 spiro atoms. The van der Waals surface area contributed by atoms with Crippen LogP contribution in [0.15, 0.2) is 12.3 Å². The molecule has 0 saturated carbocycles. The van der Waals surface area contributed by atoms with Crippen molar-refractivity contribution in [3.05, 3.63) is 12.3 Å². The number of rotatable bonds is 0. The van der Waals surface area contributed by atoms with Gasteiger partial charge in [-0.1, -0.05) is 0 Å². The Kier molecular flexibility index (Phi) is 0.997. The molecule has 1 heterocycles. The SMILES string of the molecule is Nc1ccnc([O-])n1. The summed E-state index contributed by atoms with van der Waals surface area (Å²) in [5.41, 5.74) is 5.11. The number of nitrogen functional groups attached to an aromatic ring is 1. The molecule has 0 bridgehead atoms. The normalized spacial score (nSPS) is 9.00. The van der Waals surface area contributed by atoms with E-state index in [0.29, 0.717) is 0 Å². The van der Waals surface area contributed by atoms with Crippen molar-refractivity contribution in [1.82, 2.24) is 9.97 Å². The topological polar surface area (TPSA) is 74.9 Å². The number of hydrogen-bond acceptors (Lipinski definition) is 4. The molecule has 0 amide bonds. The molecule has 0 saturated heterocycles. The van der Waals surface area contributed by atoms with Crippen LogP contribution in [0.5, 0.6) is 6.01 Å². The van der Waals surface area contributed by atoms with Gasteiger partial charge < -0.3 is 10.8 Å². The van der Waals surface area contributed by atoms with Gasteiger partial charge in [-0.3, -0.25) is 4.98 Å². The lowest BCUT2D eigenvalue weighted by molar-refractivity contribution is -0.281. The summed E-state index contributed by atoms with van der Waals surface area (Å²) in [4.78, 5) is 6.58. The summed E-state index contributed by atoms with van der Waals surface area (Å²) in [6.07, 6.45) is 1.32. The van der Waals surface area contributed by atoms with Crippen molar-refractivity contribution in [2.75, 3.05) is 5.73 Å². The molecule has 4 heteroatoms. The van der Waals surface area contributed by atoms with Crippen molar-refractivity contribution < 1.29 is 5.11 Å². The summed E-state index contributed by atoms with van der Waals surface area (Å²) in [5, 5.41) is 10.2. The standard InChI is InChI=1S/C4H5N3O/c5-3-1-2-6-4(8)7-3/h1-2H,(H3,5,6,7,8)/p-1. The zero-order valence-electron chi connectivity index (χ0n) is 4.03. The van der Waals surface area contributed by atoms with Crippen LogP contribution >= 0.6 is 0 Å². The van der Waals surface area contributed by atoms with E-state index in [0.717, 1.165) is 0 Å². The van der Waals surface area contributed by atoms with Gasteiger partial charge in [-0.05, 0) is 6.07 Å². The molecule has 0 aliphatic carbocycles. The summed E-state index contributed by atoms with van der Waals surface area (Å²) in [6.45, 7) is 0. The Morgan fingerprint density at radius 2 is 2.38 bits per heavy atom. The Morgan fingerprint density at radius 3 is 2.75 bits per heavy atom. The monoisotopic (exact) mass is 110 g/mol. The van der Waals surface area contributed by atoms with E-state index >= 15 is 0 Å². The second-order valence-corrected chi connectivity index (χ2v) is 1.26. The van der Waals surface area contributed by atoms with Gasteiger partial charge in [0, 0.05) is 6.20 Å². The Labute approximate surface area is 46.0 Å². The summed E-state index contributed by atoms with van der Waals surface area (Å²) in [5.74, 6) is 0.213.